The molecule has 5 nitrogen and oxygen atoms in total. The quantitative estimate of drug-likeness (QED) is 0.729. The molecular formula is C20H19NO4S. The highest BCUT2D eigenvalue weighted by Crippen LogP contribution is 2.43. The molecule has 0 spiro atoms. The van der Waals surface area contributed by atoms with E-state index in [4.69, 9.17) is 9.47 Å². The first-order chi connectivity index (χ1) is 12.6. The van der Waals surface area contributed by atoms with Crippen LogP contribution in [0.3, 0.4) is 0 Å². The molecule has 26 heavy (non-hydrogen) atoms. The Morgan fingerprint density at radius 1 is 1.27 bits per heavy atom. The van der Waals surface area contributed by atoms with E-state index in [-0.39, 0.29) is 0 Å². The number of hydrogen-bond donors (Lipinski definition) is 1. The highest BCUT2D eigenvalue weighted by atomic mass is 32.1. The van der Waals surface area contributed by atoms with Crippen LogP contribution in [0, 0.1) is 0 Å². The summed E-state index contributed by atoms with van der Waals surface area (Å²) >= 11 is 1.62. The molecule has 0 saturated carbocycles. The molecule has 1 aromatic carbocycles. The number of thiophene rings is 1. The Morgan fingerprint density at radius 3 is 2.77 bits per heavy atom. The Bertz CT molecular complexity index is 972. The molecule has 3 aromatic rings. The third-order valence-electron chi connectivity index (χ3n) is 4.77. The number of fused-ring (bicyclic) bond motifs is 3. The first-order valence-electron chi connectivity index (χ1n) is 8.33. The van der Waals surface area contributed by atoms with Gasteiger partial charge in [0.2, 0.25) is 0 Å². The van der Waals surface area contributed by atoms with E-state index in [0.717, 1.165) is 39.4 Å². The summed E-state index contributed by atoms with van der Waals surface area (Å²) in [6, 6.07) is 9.93. The molecule has 1 aliphatic rings. The van der Waals surface area contributed by atoms with E-state index in [1.54, 1.807) is 31.6 Å². The van der Waals surface area contributed by atoms with E-state index < -0.39 is 5.97 Å². The molecular weight excluding hydrogens is 350 g/mol. The van der Waals surface area contributed by atoms with Gasteiger partial charge in [-0.3, -0.25) is 0 Å². The van der Waals surface area contributed by atoms with Gasteiger partial charge in [-0.05, 0) is 41.6 Å². The maximum absolute atomic E-state index is 11.8. The van der Waals surface area contributed by atoms with E-state index in [0.29, 0.717) is 18.8 Å². The maximum atomic E-state index is 11.8. The molecule has 4 rings (SSSR count). The summed E-state index contributed by atoms with van der Waals surface area (Å²) in [6.07, 6.45) is 0.769. The summed E-state index contributed by atoms with van der Waals surface area (Å²) in [6.45, 7) is 1.08. The lowest BCUT2D eigenvalue weighted by molar-refractivity contribution is 0.0685. The second-order valence-corrected chi connectivity index (χ2v) is 7.18. The Balaban J connectivity index is 1.99. The molecule has 0 aliphatic carbocycles. The molecule has 6 heteroatoms. The van der Waals surface area contributed by atoms with Crippen molar-refractivity contribution in [3.05, 3.63) is 52.5 Å². The lowest BCUT2D eigenvalue weighted by Gasteiger charge is -2.23. The molecule has 0 bridgehead atoms. The Hall–Kier alpha value is -2.57. The van der Waals surface area contributed by atoms with E-state index >= 15 is 0 Å². The van der Waals surface area contributed by atoms with Crippen molar-refractivity contribution in [1.82, 2.24) is 4.57 Å². The predicted molar refractivity (Wildman–Crippen MR) is 101 cm³/mol. The molecule has 0 fully saturated rings. The number of benzene rings is 1. The number of nitrogens with zero attached hydrogens (tertiary/aromatic N) is 1. The fourth-order valence-corrected chi connectivity index (χ4v) is 4.40. The van der Waals surface area contributed by atoms with Crippen LogP contribution in [0.15, 0.2) is 35.7 Å². The molecule has 1 aliphatic heterocycles. The Labute approximate surface area is 155 Å². The average molecular weight is 369 g/mol. The van der Waals surface area contributed by atoms with Crippen LogP contribution in [0.5, 0.6) is 5.75 Å². The molecule has 0 saturated heterocycles. The zero-order chi connectivity index (χ0) is 18.3. The largest absolute Gasteiger partial charge is 0.496 e. The summed E-state index contributed by atoms with van der Waals surface area (Å²) < 4.78 is 12.8. The highest BCUT2D eigenvalue weighted by molar-refractivity contribution is 7.13. The van der Waals surface area contributed by atoms with Crippen LogP contribution in [0.25, 0.3) is 21.7 Å². The monoisotopic (exact) mass is 369 g/mol. The van der Waals surface area contributed by atoms with Crippen LogP contribution in [0.4, 0.5) is 0 Å². The fraction of sp³-hybridized carbons (Fsp3) is 0.250. The fourth-order valence-electron chi connectivity index (χ4n) is 3.65. The summed E-state index contributed by atoms with van der Waals surface area (Å²) in [5, 5.41) is 11.7. The average Bonchev–Trinajstić information content (AvgIpc) is 3.28. The van der Waals surface area contributed by atoms with Gasteiger partial charge in [0.1, 0.15) is 11.4 Å². The van der Waals surface area contributed by atoms with Gasteiger partial charge in [-0.1, -0.05) is 6.07 Å². The topological polar surface area (TPSA) is 60.7 Å². The molecule has 3 heterocycles. The van der Waals surface area contributed by atoms with Crippen LogP contribution >= 0.6 is 11.3 Å². The number of methoxy groups -OCH3 is 2. The van der Waals surface area contributed by atoms with Crippen molar-refractivity contribution in [2.24, 2.45) is 0 Å². The lowest BCUT2D eigenvalue weighted by Crippen LogP contribution is -2.16. The van der Waals surface area contributed by atoms with Crippen LogP contribution in [0.1, 0.15) is 21.6 Å². The zero-order valence-corrected chi connectivity index (χ0v) is 15.4. The molecule has 0 radical (unpaired) electrons. The van der Waals surface area contributed by atoms with Gasteiger partial charge in [-0.15, -0.1) is 11.3 Å². The van der Waals surface area contributed by atoms with Crippen LogP contribution < -0.4 is 4.74 Å². The number of hydrogen-bond acceptors (Lipinski definition) is 4. The SMILES string of the molecule is COCc1cc2c(cc1OC)CCn1c(C(=O)O)cc(-c3cccs3)c1-2. The van der Waals surface area contributed by atoms with Crippen molar-refractivity contribution < 1.29 is 19.4 Å². The molecule has 0 atom stereocenters. The van der Waals surface area contributed by atoms with Gasteiger partial charge in [0, 0.05) is 35.2 Å². The third kappa shape index (κ3) is 2.62. The van der Waals surface area contributed by atoms with Gasteiger partial charge in [-0.2, -0.15) is 0 Å². The van der Waals surface area contributed by atoms with Gasteiger partial charge in [-0.25, -0.2) is 4.79 Å². The first kappa shape index (κ1) is 16.9. The van der Waals surface area contributed by atoms with Gasteiger partial charge < -0.3 is 19.1 Å². The van der Waals surface area contributed by atoms with E-state index in [2.05, 4.69) is 12.1 Å². The lowest BCUT2D eigenvalue weighted by atomic mass is 9.93. The van der Waals surface area contributed by atoms with Crippen molar-refractivity contribution in [2.45, 2.75) is 19.6 Å². The van der Waals surface area contributed by atoms with E-state index in [1.807, 2.05) is 22.1 Å². The van der Waals surface area contributed by atoms with Crippen molar-refractivity contribution >= 4 is 17.3 Å². The maximum Gasteiger partial charge on any atom is 0.352 e. The minimum absolute atomic E-state index is 0.332. The molecule has 0 unspecified atom stereocenters. The zero-order valence-electron chi connectivity index (χ0n) is 14.6. The van der Waals surface area contributed by atoms with Gasteiger partial charge in [0.05, 0.1) is 19.4 Å². The number of aromatic carboxylic acids is 1. The number of carbonyl (C=O) groups is 1. The van der Waals surface area contributed by atoms with Crippen molar-refractivity contribution in [3.63, 3.8) is 0 Å². The minimum Gasteiger partial charge on any atom is -0.496 e. The summed E-state index contributed by atoms with van der Waals surface area (Å²) in [7, 11) is 3.31. The summed E-state index contributed by atoms with van der Waals surface area (Å²) in [5.41, 5.74) is 5.44. The summed E-state index contributed by atoms with van der Waals surface area (Å²) in [5.74, 6) is -0.0927. The van der Waals surface area contributed by atoms with Gasteiger partial charge >= 0.3 is 5.97 Å². The van der Waals surface area contributed by atoms with Crippen molar-refractivity contribution in [3.8, 4) is 27.4 Å². The molecule has 2 aromatic heterocycles. The van der Waals surface area contributed by atoms with E-state index in [1.165, 1.54) is 5.56 Å². The van der Waals surface area contributed by atoms with Crippen LogP contribution in [-0.2, 0) is 24.3 Å². The third-order valence-corrected chi connectivity index (χ3v) is 5.67. The van der Waals surface area contributed by atoms with Crippen LogP contribution in [-0.4, -0.2) is 29.9 Å². The number of aromatic nitrogens is 1. The molecule has 1 N–H and O–H groups in total. The van der Waals surface area contributed by atoms with Gasteiger partial charge in [0.15, 0.2) is 0 Å². The second kappa shape index (κ2) is 6.63. The predicted octanol–water partition coefficient (Wildman–Crippen LogP) is 4.29. The molecule has 0 amide bonds. The van der Waals surface area contributed by atoms with E-state index in [9.17, 15) is 9.90 Å². The second-order valence-electron chi connectivity index (χ2n) is 6.23. The Kier molecular flexibility index (Phi) is 4.30. The smallest absolute Gasteiger partial charge is 0.352 e. The first-order valence-corrected chi connectivity index (χ1v) is 9.21. The molecule has 134 valence electrons. The number of carboxylic acids is 1. The standard InChI is InChI=1S/C20H19NO4S/c1-24-11-13-8-14-12(9-17(13)25-2)5-6-21-16(20(22)23)10-15(19(14)21)18-4-3-7-26-18/h3-4,7-10H,5-6,11H2,1-2H3,(H,22,23). The Morgan fingerprint density at radius 2 is 2.12 bits per heavy atom. The number of aryl methyl sites for hydroxylation is 1. The highest BCUT2D eigenvalue weighted by Gasteiger charge is 2.27. The summed E-state index contributed by atoms with van der Waals surface area (Å²) in [4.78, 5) is 12.8. The minimum atomic E-state index is -0.900. The number of rotatable bonds is 5. The van der Waals surface area contributed by atoms with Crippen LogP contribution in [0.2, 0.25) is 0 Å². The number of carboxylic acid groups (broad SMARTS) is 1. The van der Waals surface area contributed by atoms with Gasteiger partial charge in [0.25, 0.3) is 0 Å². The normalized spacial score (nSPS) is 12.5. The number of ether oxygens (including phenoxy) is 2. The van der Waals surface area contributed by atoms with Crippen molar-refractivity contribution in [1.29, 1.82) is 0 Å². The van der Waals surface area contributed by atoms with Crippen molar-refractivity contribution in [2.75, 3.05) is 14.2 Å².